The van der Waals surface area contributed by atoms with Crippen molar-refractivity contribution in [1.82, 2.24) is 10.2 Å². The molecule has 1 atom stereocenters. The summed E-state index contributed by atoms with van der Waals surface area (Å²) in [5.41, 5.74) is 0.650. The van der Waals surface area contributed by atoms with E-state index in [1.165, 1.54) is 12.3 Å². The van der Waals surface area contributed by atoms with Crippen LogP contribution in [-0.4, -0.2) is 30.2 Å². The Balaban J connectivity index is 1.46. The summed E-state index contributed by atoms with van der Waals surface area (Å²) >= 11 is 6.16. The van der Waals surface area contributed by atoms with E-state index in [1.807, 2.05) is 24.3 Å². The summed E-state index contributed by atoms with van der Waals surface area (Å²) in [6, 6.07) is 0. The van der Waals surface area contributed by atoms with Crippen molar-refractivity contribution in [2.45, 2.75) is 31.9 Å². The van der Waals surface area contributed by atoms with Crippen molar-refractivity contribution in [3.8, 4) is 0 Å². The van der Waals surface area contributed by atoms with Crippen LogP contribution in [0, 0.1) is 5.92 Å². The number of nitrogens with zero attached hydrogens (tertiary/aromatic N) is 1. The molecular formula is C20H23ClF2N2O. The number of fused-ring (bicyclic) bond motifs is 1. The molecule has 2 aliphatic heterocycles. The van der Waals surface area contributed by atoms with Gasteiger partial charge in [0.05, 0.1) is 17.3 Å². The highest BCUT2D eigenvalue weighted by molar-refractivity contribution is 6.32. The average molecular weight is 381 g/mol. The first-order chi connectivity index (χ1) is 12.4. The van der Waals surface area contributed by atoms with Gasteiger partial charge in [-0.3, -0.25) is 0 Å². The molecule has 0 aromatic heterocycles. The number of halogens is 3. The highest BCUT2D eigenvalue weighted by Gasteiger charge is 2.35. The molecule has 3 aliphatic rings. The van der Waals surface area contributed by atoms with E-state index in [-0.39, 0.29) is 17.7 Å². The maximum atomic E-state index is 13.7. The largest absolute Gasteiger partial charge is 0.381 e. The fraction of sp³-hybridized carbons (Fsp3) is 0.400. The van der Waals surface area contributed by atoms with Gasteiger partial charge in [0.15, 0.2) is 0 Å². The summed E-state index contributed by atoms with van der Waals surface area (Å²) < 4.78 is 33.1. The van der Waals surface area contributed by atoms with Gasteiger partial charge in [-0.15, -0.1) is 0 Å². The van der Waals surface area contributed by atoms with Gasteiger partial charge in [-0.1, -0.05) is 48.1 Å². The van der Waals surface area contributed by atoms with Gasteiger partial charge in [-0.05, 0) is 18.9 Å². The van der Waals surface area contributed by atoms with Gasteiger partial charge in [0.25, 0.3) is 5.92 Å². The maximum Gasteiger partial charge on any atom is 0.271 e. The minimum absolute atomic E-state index is 0.0786. The second-order valence-corrected chi connectivity index (χ2v) is 7.03. The quantitative estimate of drug-likeness (QED) is 0.640. The number of allylic oxidation sites excluding steroid dienone is 7. The molecule has 1 unspecified atom stereocenters. The third kappa shape index (κ3) is 4.65. The van der Waals surface area contributed by atoms with Gasteiger partial charge in [-0.25, -0.2) is 8.78 Å². The molecule has 0 spiro atoms. The van der Waals surface area contributed by atoms with E-state index in [4.69, 9.17) is 16.3 Å². The number of alkyl halides is 2. The van der Waals surface area contributed by atoms with Crippen LogP contribution >= 0.6 is 11.6 Å². The summed E-state index contributed by atoms with van der Waals surface area (Å²) in [5.74, 6) is -2.64. The third-order valence-corrected chi connectivity index (χ3v) is 4.77. The highest BCUT2D eigenvalue weighted by Crippen LogP contribution is 2.37. The minimum atomic E-state index is -2.92. The minimum Gasteiger partial charge on any atom is -0.381 e. The number of nitrogens with one attached hydrogen (secondary N) is 1. The van der Waals surface area contributed by atoms with Crippen molar-refractivity contribution >= 4 is 11.6 Å². The molecule has 1 aliphatic carbocycles. The lowest BCUT2D eigenvalue weighted by molar-refractivity contribution is 0.0645. The molecule has 0 fully saturated rings. The Hall–Kier alpha value is -1.85. The van der Waals surface area contributed by atoms with Crippen LogP contribution in [0.1, 0.15) is 19.8 Å². The van der Waals surface area contributed by atoms with Crippen LogP contribution in [0.2, 0.25) is 0 Å². The van der Waals surface area contributed by atoms with Crippen LogP contribution in [0.25, 0.3) is 0 Å². The van der Waals surface area contributed by atoms with E-state index in [0.29, 0.717) is 18.2 Å². The summed E-state index contributed by atoms with van der Waals surface area (Å²) in [6.45, 7) is 2.14. The van der Waals surface area contributed by atoms with E-state index in [9.17, 15) is 8.78 Å². The van der Waals surface area contributed by atoms with E-state index in [0.717, 1.165) is 25.5 Å². The van der Waals surface area contributed by atoms with Gasteiger partial charge in [-0.2, -0.15) is 0 Å². The molecule has 0 aromatic rings. The normalized spacial score (nSPS) is 22.5. The van der Waals surface area contributed by atoms with Crippen LogP contribution in [0.15, 0.2) is 71.2 Å². The highest BCUT2D eigenvalue weighted by atomic mass is 35.5. The first kappa shape index (κ1) is 18.9. The zero-order valence-electron chi connectivity index (χ0n) is 14.7. The zero-order valence-corrected chi connectivity index (χ0v) is 15.4. The lowest BCUT2D eigenvalue weighted by atomic mass is 10.1. The van der Waals surface area contributed by atoms with Crippen molar-refractivity contribution in [3.05, 3.63) is 71.2 Å². The van der Waals surface area contributed by atoms with Crippen LogP contribution in [0.3, 0.4) is 0 Å². The van der Waals surface area contributed by atoms with Crippen molar-refractivity contribution < 1.29 is 13.5 Å². The molecule has 140 valence electrons. The summed E-state index contributed by atoms with van der Waals surface area (Å²) in [5, 5.41) is 3.54. The Morgan fingerprint density at radius 2 is 1.96 bits per heavy atom. The smallest absolute Gasteiger partial charge is 0.271 e. The van der Waals surface area contributed by atoms with Gasteiger partial charge >= 0.3 is 0 Å². The fourth-order valence-corrected chi connectivity index (χ4v) is 3.29. The molecule has 0 saturated heterocycles. The molecule has 0 radical (unpaired) electrons. The molecule has 0 amide bonds. The summed E-state index contributed by atoms with van der Waals surface area (Å²) in [4.78, 5) is 1.79. The van der Waals surface area contributed by atoms with Gasteiger partial charge in [0, 0.05) is 37.4 Å². The van der Waals surface area contributed by atoms with E-state index in [2.05, 4.69) is 17.5 Å². The van der Waals surface area contributed by atoms with E-state index < -0.39 is 5.92 Å². The van der Waals surface area contributed by atoms with Crippen LogP contribution in [0.5, 0.6) is 0 Å². The number of ether oxygens (including phenoxy) is 1. The van der Waals surface area contributed by atoms with Crippen LogP contribution in [0.4, 0.5) is 8.78 Å². The molecule has 26 heavy (non-hydrogen) atoms. The van der Waals surface area contributed by atoms with Crippen LogP contribution < -0.4 is 5.32 Å². The SMILES string of the molecule is CC(F)(F)C1=CN2C(=CNC2CCCOCC2C=CC=CC=C2)C(Cl)=C1. The molecule has 3 rings (SSSR count). The van der Waals surface area contributed by atoms with Gasteiger partial charge < -0.3 is 15.0 Å². The lowest BCUT2D eigenvalue weighted by Gasteiger charge is -2.30. The Morgan fingerprint density at radius 3 is 2.65 bits per heavy atom. The number of rotatable bonds is 7. The van der Waals surface area contributed by atoms with Gasteiger partial charge in [0.2, 0.25) is 0 Å². The Morgan fingerprint density at radius 1 is 1.23 bits per heavy atom. The monoisotopic (exact) mass is 380 g/mol. The Bertz CT molecular complexity index is 685. The second-order valence-electron chi connectivity index (χ2n) is 6.62. The zero-order chi connectivity index (χ0) is 18.6. The lowest BCUT2D eigenvalue weighted by Crippen LogP contribution is -2.36. The molecule has 6 heteroatoms. The Kier molecular flexibility index (Phi) is 5.99. The average Bonchev–Trinajstić information content (AvgIpc) is 2.82. The Labute approximate surface area is 158 Å². The van der Waals surface area contributed by atoms with Crippen molar-refractivity contribution in [2.75, 3.05) is 13.2 Å². The maximum absolute atomic E-state index is 13.7. The molecule has 2 heterocycles. The van der Waals surface area contributed by atoms with E-state index in [1.54, 1.807) is 11.1 Å². The second kappa shape index (κ2) is 8.23. The topological polar surface area (TPSA) is 24.5 Å². The van der Waals surface area contributed by atoms with Crippen LogP contribution in [-0.2, 0) is 4.74 Å². The summed E-state index contributed by atoms with van der Waals surface area (Å²) in [7, 11) is 0. The van der Waals surface area contributed by atoms with Gasteiger partial charge in [0.1, 0.15) is 6.17 Å². The third-order valence-electron chi connectivity index (χ3n) is 4.46. The van der Waals surface area contributed by atoms with Crippen molar-refractivity contribution in [1.29, 1.82) is 0 Å². The van der Waals surface area contributed by atoms with Crippen molar-refractivity contribution in [3.63, 3.8) is 0 Å². The first-order valence-corrected chi connectivity index (χ1v) is 9.14. The number of hydrogen-bond donors (Lipinski definition) is 1. The molecule has 3 nitrogen and oxygen atoms in total. The number of hydrogen-bond acceptors (Lipinski definition) is 3. The molecule has 0 bridgehead atoms. The first-order valence-electron chi connectivity index (χ1n) is 8.77. The fourth-order valence-electron chi connectivity index (χ4n) is 3.03. The predicted octanol–water partition coefficient (Wildman–Crippen LogP) is 4.83. The standard InChI is InChI=1S/C20H23ClF2N2O/c1-20(22,23)16-11-17(21)18-12-24-19(25(18)13-16)9-6-10-26-14-15-7-4-2-3-5-8-15/h2-5,7-8,11-13,15,19,24H,6,9-10,14H2,1H3. The van der Waals surface area contributed by atoms with E-state index >= 15 is 0 Å². The molecular weight excluding hydrogens is 358 g/mol. The molecule has 0 saturated carbocycles. The predicted molar refractivity (Wildman–Crippen MR) is 100 cm³/mol. The van der Waals surface area contributed by atoms with Crippen molar-refractivity contribution in [2.24, 2.45) is 5.92 Å². The molecule has 0 aromatic carbocycles. The molecule has 1 N–H and O–H groups in total. The summed E-state index contributed by atoms with van der Waals surface area (Å²) in [6.07, 6.45) is 18.3.